The topological polar surface area (TPSA) is 91.1 Å². The molecule has 8 nitrogen and oxygen atoms in total. The summed E-state index contributed by atoms with van der Waals surface area (Å²) in [6.45, 7) is 2.03. The first kappa shape index (κ1) is 22.2. The number of rotatable bonds is 5. The van der Waals surface area contributed by atoms with E-state index in [9.17, 15) is 22.8 Å². The highest BCUT2D eigenvalue weighted by Crippen LogP contribution is 2.28. The van der Waals surface area contributed by atoms with Gasteiger partial charge in [0.05, 0.1) is 18.5 Å². The third-order valence-electron chi connectivity index (χ3n) is 5.03. The summed E-state index contributed by atoms with van der Waals surface area (Å²) < 4.78 is 51.3. The summed E-state index contributed by atoms with van der Waals surface area (Å²) in [6.07, 6.45) is -4.59. The van der Waals surface area contributed by atoms with E-state index in [0.29, 0.717) is 11.4 Å². The first-order chi connectivity index (χ1) is 15.6. The molecule has 0 radical (unpaired) electrons. The van der Waals surface area contributed by atoms with E-state index in [2.05, 4.69) is 9.97 Å². The highest BCUT2D eigenvalue weighted by Gasteiger charge is 2.29. The molecule has 0 aliphatic rings. The normalized spacial score (nSPS) is 11.7. The summed E-state index contributed by atoms with van der Waals surface area (Å²) in [5, 5.41) is 0. The lowest BCUT2D eigenvalue weighted by atomic mass is 10.2. The van der Waals surface area contributed by atoms with Gasteiger partial charge in [0, 0.05) is 17.5 Å². The van der Waals surface area contributed by atoms with Gasteiger partial charge in [-0.2, -0.15) is 18.2 Å². The number of alkyl halides is 3. The lowest BCUT2D eigenvalue weighted by Gasteiger charge is -2.17. The number of aryl methyl sites for hydroxylation is 2. The van der Waals surface area contributed by atoms with Crippen LogP contribution in [0.1, 0.15) is 11.4 Å². The molecule has 0 amide bonds. The molecule has 3 heterocycles. The number of aromatic nitrogens is 4. The third-order valence-corrected chi connectivity index (χ3v) is 5.03. The number of methoxy groups -OCH3 is 1. The number of aromatic amines is 1. The van der Waals surface area contributed by atoms with Crippen molar-refractivity contribution in [3.05, 3.63) is 74.6 Å². The Balaban J connectivity index is 2.07. The minimum absolute atomic E-state index is 0.0630. The molecular weight excluding hydrogens is 441 g/mol. The number of ether oxygens (including phenoxy) is 2. The van der Waals surface area contributed by atoms with E-state index < -0.39 is 23.9 Å². The first-order valence-electron chi connectivity index (χ1n) is 9.78. The van der Waals surface area contributed by atoms with E-state index in [1.54, 1.807) is 30.5 Å². The van der Waals surface area contributed by atoms with Crippen molar-refractivity contribution < 1.29 is 22.6 Å². The van der Waals surface area contributed by atoms with Gasteiger partial charge >= 0.3 is 17.3 Å². The minimum atomic E-state index is -4.59. The monoisotopic (exact) mass is 460 g/mol. The van der Waals surface area contributed by atoms with E-state index in [-0.39, 0.29) is 22.7 Å². The predicted molar refractivity (Wildman–Crippen MR) is 115 cm³/mol. The molecule has 0 aliphatic heterocycles. The van der Waals surface area contributed by atoms with Crippen molar-refractivity contribution in [3.8, 4) is 23.0 Å². The Hall–Kier alpha value is -4.02. The van der Waals surface area contributed by atoms with Crippen LogP contribution in [-0.4, -0.2) is 39.0 Å². The van der Waals surface area contributed by atoms with Crippen LogP contribution >= 0.6 is 0 Å². The average Bonchev–Trinajstić information content (AvgIpc) is 3.10. The number of fused-ring (bicyclic) bond motifs is 1. The summed E-state index contributed by atoms with van der Waals surface area (Å²) in [4.78, 5) is 32.1. The molecular formula is C22H19F3N4O4. The van der Waals surface area contributed by atoms with E-state index in [1.807, 2.05) is 12.1 Å². The molecule has 3 aromatic heterocycles. The second kappa shape index (κ2) is 8.15. The van der Waals surface area contributed by atoms with Crippen LogP contribution in [0.5, 0.6) is 11.6 Å². The smallest absolute Gasteiger partial charge is 0.422 e. The Morgan fingerprint density at radius 1 is 1.00 bits per heavy atom. The van der Waals surface area contributed by atoms with E-state index in [1.165, 1.54) is 25.3 Å². The van der Waals surface area contributed by atoms with Crippen molar-refractivity contribution in [1.29, 1.82) is 0 Å². The van der Waals surface area contributed by atoms with Gasteiger partial charge in [-0.25, -0.2) is 0 Å². The Morgan fingerprint density at radius 2 is 1.64 bits per heavy atom. The molecule has 0 unspecified atom stereocenters. The highest BCUT2D eigenvalue weighted by atomic mass is 19.4. The van der Waals surface area contributed by atoms with Gasteiger partial charge in [0.2, 0.25) is 5.88 Å². The maximum absolute atomic E-state index is 12.8. The maximum atomic E-state index is 12.8. The minimum Gasteiger partial charge on any atom is -0.497 e. The van der Waals surface area contributed by atoms with Crippen LogP contribution in [0.25, 0.3) is 22.5 Å². The summed E-state index contributed by atoms with van der Waals surface area (Å²) in [6, 6.07) is 11.2. The van der Waals surface area contributed by atoms with Crippen LogP contribution in [0.3, 0.4) is 0 Å². The Bertz CT molecular complexity index is 1430. The highest BCUT2D eigenvalue weighted by molar-refractivity contribution is 5.83. The summed E-state index contributed by atoms with van der Waals surface area (Å²) >= 11 is 0. The molecule has 1 aromatic carbocycles. The van der Waals surface area contributed by atoms with Gasteiger partial charge in [-0.05, 0) is 50.2 Å². The molecule has 4 rings (SSSR count). The summed E-state index contributed by atoms with van der Waals surface area (Å²) in [5.41, 5.74) is 0.354. The van der Waals surface area contributed by atoms with Gasteiger partial charge in [0.15, 0.2) is 12.3 Å². The number of halogens is 3. The molecule has 1 N–H and O–H groups in total. The molecule has 0 saturated carbocycles. The van der Waals surface area contributed by atoms with E-state index >= 15 is 0 Å². The molecule has 0 bridgehead atoms. The van der Waals surface area contributed by atoms with Crippen LogP contribution in [0.4, 0.5) is 13.2 Å². The SMILES string of the molecule is COc1ccc(-n2c(=O)c(=O)[nH]c3c(-n4c(C)ccc4C)cc(OCC(F)(F)F)nc32)cc1. The zero-order chi connectivity index (χ0) is 23.9. The Morgan fingerprint density at radius 3 is 2.21 bits per heavy atom. The summed E-state index contributed by atoms with van der Waals surface area (Å²) in [5.74, 6) is 0.165. The molecule has 11 heteroatoms. The molecule has 0 saturated heterocycles. The Kier molecular flexibility index (Phi) is 5.48. The third kappa shape index (κ3) is 4.21. The standard InChI is InChI=1S/C22H19F3N4O4/c1-12-4-5-13(2)28(12)16-10-17(33-11-22(23,24)25)26-19-18(16)27-20(30)21(31)29(19)14-6-8-15(32-3)9-7-14/h4-10H,11H2,1-3H3,(H,27,30). The van der Waals surface area contributed by atoms with Crippen molar-refractivity contribution in [3.63, 3.8) is 0 Å². The van der Waals surface area contributed by atoms with E-state index in [4.69, 9.17) is 9.47 Å². The number of nitrogens with one attached hydrogen (secondary N) is 1. The fraction of sp³-hybridized carbons (Fsp3) is 0.227. The number of pyridine rings is 1. The van der Waals surface area contributed by atoms with Gasteiger partial charge in [-0.1, -0.05) is 0 Å². The van der Waals surface area contributed by atoms with Crippen LogP contribution in [-0.2, 0) is 0 Å². The van der Waals surface area contributed by atoms with Crippen molar-refractivity contribution in [2.45, 2.75) is 20.0 Å². The van der Waals surface area contributed by atoms with Crippen LogP contribution < -0.4 is 20.6 Å². The van der Waals surface area contributed by atoms with Gasteiger partial charge < -0.3 is 19.0 Å². The number of H-pyrrole nitrogens is 1. The fourth-order valence-corrected chi connectivity index (χ4v) is 3.57. The molecule has 4 aromatic rings. The van der Waals surface area contributed by atoms with Crippen molar-refractivity contribution >= 4 is 11.2 Å². The van der Waals surface area contributed by atoms with Gasteiger partial charge in [-0.15, -0.1) is 0 Å². The zero-order valence-corrected chi connectivity index (χ0v) is 17.9. The molecule has 0 fully saturated rings. The van der Waals surface area contributed by atoms with Gasteiger partial charge in [0.25, 0.3) is 0 Å². The lowest BCUT2D eigenvalue weighted by Crippen LogP contribution is -2.36. The lowest BCUT2D eigenvalue weighted by molar-refractivity contribution is -0.154. The first-order valence-corrected chi connectivity index (χ1v) is 9.78. The average molecular weight is 460 g/mol. The van der Waals surface area contributed by atoms with Crippen LogP contribution in [0.15, 0.2) is 52.1 Å². The van der Waals surface area contributed by atoms with Crippen LogP contribution in [0.2, 0.25) is 0 Å². The number of nitrogens with zero attached hydrogens (tertiary/aromatic N) is 3. The fourth-order valence-electron chi connectivity index (χ4n) is 3.57. The second-order valence-electron chi connectivity index (χ2n) is 7.33. The van der Waals surface area contributed by atoms with Gasteiger partial charge in [0.1, 0.15) is 11.3 Å². The predicted octanol–water partition coefficient (Wildman–Crippen LogP) is 3.43. The molecule has 0 atom stereocenters. The quantitative estimate of drug-likeness (QED) is 0.461. The van der Waals surface area contributed by atoms with Gasteiger partial charge in [-0.3, -0.25) is 14.2 Å². The molecule has 0 aliphatic carbocycles. The zero-order valence-electron chi connectivity index (χ0n) is 17.9. The molecule has 0 spiro atoms. The second-order valence-corrected chi connectivity index (χ2v) is 7.33. The molecule has 172 valence electrons. The van der Waals surface area contributed by atoms with E-state index in [0.717, 1.165) is 16.0 Å². The number of benzene rings is 1. The number of hydrogen-bond acceptors (Lipinski definition) is 5. The molecule has 33 heavy (non-hydrogen) atoms. The summed E-state index contributed by atoms with van der Waals surface area (Å²) in [7, 11) is 1.48. The number of hydrogen-bond donors (Lipinski definition) is 1. The largest absolute Gasteiger partial charge is 0.497 e. The van der Waals surface area contributed by atoms with Crippen LogP contribution in [0, 0.1) is 13.8 Å². The maximum Gasteiger partial charge on any atom is 0.422 e. The van der Waals surface area contributed by atoms with Crippen molar-refractivity contribution in [1.82, 2.24) is 19.1 Å². The van der Waals surface area contributed by atoms with Crippen molar-refractivity contribution in [2.24, 2.45) is 0 Å². The van der Waals surface area contributed by atoms with Crippen molar-refractivity contribution in [2.75, 3.05) is 13.7 Å². The Labute approximate surface area is 184 Å².